The van der Waals surface area contributed by atoms with Crippen molar-refractivity contribution in [1.82, 2.24) is 10.2 Å². The molecule has 0 radical (unpaired) electrons. The number of rotatable bonds is 8. The Bertz CT molecular complexity index is 425. The molecule has 1 aromatic carbocycles. The summed E-state index contributed by atoms with van der Waals surface area (Å²) in [5.74, 6) is 1.09. The molecule has 0 aromatic heterocycles. The van der Waals surface area contributed by atoms with E-state index < -0.39 is 0 Å². The van der Waals surface area contributed by atoms with E-state index in [1.165, 1.54) is 11.1 Å². The Hall–Kier alpha value is -0.820. The minimum absolute atomic E-state index is 0. The van der Waals surface area contributed by atoms with E-state index in [9.17, 15) is 0 Å². The van der Waals surface area contributed by atoms with E-state index in [2.05, 4.69) is 67.2 Å². The first-order valence-corrected chi connectivity index (χ1v) is 7.89. The van der Waals surface area contributed by atoms with Crippen LogP contribution in [-0.4, -0.2) is 30.5 Å². The van der Waals surface area contributed by atoms with Crippen molar-refractivity contribution in [2.45, 2.75) is 40.8 Å². The van der Waals surface area contributed by atoms with Crippen molar-refractivity contribution < 1.29 is 0 Å². The van der Waals surface area contributed by atoms with Gasteiger partial charge in [0.2, 0.25) is 0 Å². The predicted octanol–water partition coefficient (Wildman–Crippen LogP) is 3.21. The molecule has 1 rings (SSSR count). The summed E-state index contributed by atoms with van der Waals surface area (Å²) in [6.45, 7) is 13.3. The zero-order chi connectivity index (χ0) is 15.7. The smallest absolute Gasteiger partial charge is 0.188 e. The first kappa shape index (κ1) is 21.2. The van der Waals surface area contributed by atoms with E-state index in [0.717, 1.165) is 26.2 Å². The third kappa shape index (κ3) is 8.58. The number of nitrogens with two attached hydrogens (primary N) is 1. The minimum atomic E-state index is 0. The van der Waals surface area contributed by atoms with E-state index in [-0.39, 0.29) is 24.0 Å². The van der Waals surface area contributed by atoms with E-state index in [0.29, 0.717) is 18.4 Å². The highest BCUT2D eigenvalue weighted by atomic mass is 127. The largest absolute Gasteiger partial charge is 0.370 e. The van der Waals surface area contributed by atoms with Crippen LogP contribution < -0.4 is 11.1 Å². The van der Waals surface area contributed by atoms with Gasteiger partial charge in [0.05, 0.1) is 6.54 Å². The van der Waals surface area contributed by atoms with Gasteiger partial charge < -0.3 is 11.1 Å². The molecule has 5 heteroatoms. The number of hydrogen-bond donors (Lipinski definition) is 2. The average molecular weight is 418 g/mol. The van der Waals surface area contributed by atoms with Crippen molar-refractivity contribution in [3.05, 3.63) is 35.4 Å². The van der Waals surface area contributed by atoms with E-state index in [1.54, 1.807) is 0 Å². The third-order valence-electron chi connectivity index (χ3n) is 3.45. The van der Waals surface area contributed by atoms with Gasteiger partial charge in [-0.15, -0.1) is 24.0 Å². The Morgan fingerprint density at radius 2 is 1.68 bits per heavy atom. The van der Waals surface area contributed by atoms with Gasteiger partial charge in [-0.2, -0.15) is 0 Å². The molecule has 0 amide bonds. The van der Waals surface area contributed by atoms with Crippen molar-refractivity contribution >= 4 is 29.9 Å². The van der Waals surface area contributed by atoms with Crippen molar-refractivity contribution in [2.24, 2.45) is 16.6 Å². The Labute approximate surface area is 152 Å². The Balaban J connectivity index is 0.00000441. The molecule has 0 aliphatic heterocycles. The van der Waals surface area contributed by atoms with Crippen molar-refractivity contribution in [2.75, 3.05) is 19.6 Å². The topological polar surface area (TPSA) is 53.6 Å². The molecule has 3 N–H and O–H groups in total. The lowest BCUT2D eigenvalue weighted by Crippen LogP contribution is -2.34. The highest BCUT2D eigenvalue weighted by Crippen LogP contribution is 2.08. The molecule has 0 unspecified atom stereocenters. The summed E-state index contributed by atoms with van der Waals surface area (Å²) < 4.78 is 0. The van der Waals surface area contributed by atoms with E-state index >= 15 is 0 Å². The molecule has 0 aliphatic rings. The summed E-state index contributed by atoms with van der Waals surface area (Å²) in [5, 5.41) is 3.13. The number of halogens is 1. The second kappa shape index (κ2) is 11.7. The summed E-state index contributed by atoms with van der Waals surface area (Å²) in [7, 11) is 0. The lowest BCUT2D eigenvalue weighted by molar-refractivity contribution is 0.296. The molecule has 4 nitrogen and oxygen atoms in total. The quantitative estimate of drug-likeness (QED) is 0.387. The average Bonchev–Trinajstić information content (AvgIpc) is 2.49. The van der Waals surface area contributed by atoms with Gasteiger partial charge in [0.25, 0.3) is 0 Å². The first-order chi connectivity index (χ1) is 10.0. The van der Waals surface area contributed by atoms with Crippen molar-refractivity contribution in [3.8, 4) is 0 Å². The van der Waals surface area contributed by atoms with Gasteiger partial charge in [0, 0.05) is 13.1 Å². The maximum atomic E-state index is 5.83. The molecular weight excluding hydrogens is 387 g/mol. The fraction of sp³-hybridized carbons (Fsp3) is 0.588. The van der Waals surface area contributed by atoms with E-state index in [1.807, 2.05) is 0 Å². The zero-order valence-corrected chi connectivity index (χ0v) is 16.6. The number of benzene rings is 1. The van der Waals surface area contributed by atoms with Crippen LogP contribution in [0.5, 0.6) is 0 Å². The highest BCUT2D eigenvalue weighted by molar-refractivity contribution is 14.0. The number of nitrogens with zero attached hydrogens (tertiary/aromatic N) is 2. The van der Waals surface area contributed by atoms with Crippen molar-refractivity contribution in [1.29, 1.82) is 0 Å². The Morgan fingerprint density at radius 1 is 1.14 bits per heavy atom. The normalized spacial score (nSPS) is 11.6. The molecular formula is C17H31IN4. The Kier molecular flexibility index (Phi) is 11.3. The van der Waals surface area contributed by atoms with Crippen LogP contribution in [0.4, 0.5) is 0 Å². The molecule has 126 valence electrons. The van der Waals surface area contributed by atoms with Crippen LogP contribution in [0.25, 0.3) is 0 Å². The standard InChI is InChI=1S/C17H30N4.HI/c1-5-21(6-2)13-16-9-7-15(8-10-16)12-20-17(18)19-11-14(3)4;/h7-10,14H,5-6,11-13H2,1-4H3,(H3,18,19,20);1H. The van der Waals surface area contributed by atoms with Crippen LogP contribution in [-0.2, 0) is 13.1 Å². The molecule has 22 heavy (non-hydrogen) atoms. The molecule has 0 atom stereocenters. The third-order valence-corrected chi connectivity index (χ3v) is 3.45. The van der Waals surface area contributed by atoms with Gasteiger partial charge in [0.15, 0.2) is 5.96 Å². The fourth-order valence-corrected chi connectivity index (χ4v) is 2.00. The fourth-order valence-electron chi connectivity index (χ4n) is 2.00. The summed E-state index contributed by atoms with van der Waals surface area (Å²) in [4.78, 5) is 6.77. The monoisotopic (exact) mass is 418 g/mol. The summed E-state index contributed by atoms with van der Waals surface area (Å²) >= 11 is 0. The van der Waals surface area contributed by atoms with Crippen LogP contribution in [0.2, 0.25) is 0 Å². The number of hydrogen-bond acceptors (Lipinski definition) is 2. The van der Waals surface area contributed by atoms with Gasteiger partial charge >= 0.3 is 0 Å². The van der Waals surface area contributed by atoms with Gasteiger partial charge in [-0.1, -0.05) is 52.0 Å². The van der Waals surface area contributed by atoms with Gasteiger partial charge in [-0.25, -0.2) is 4.99 Å². The lowest BCUT2D eigenvalue weighted by atomic mass is 10.1. The molecule has 0 heterocycles. The first-order valence-electron chi connectivity index (χ1n) is 7.89. The second-order valence-electron chi connectivity index (χ2n) is 5.75. The van der Waals surface area contributed by atoms with Crippen LogP contribution in [0.1, 0.15) is 38.8 Å². The number of aliphatic imine (C=N–C) groups is 1. The van der Waals surface area contributed by atoms with Crippen LogP contribution in [0.15, 0.2) is 29.3 Å². The van der Waals surface area contributed by atoms with Crippen LogP contribution >= 0.6 is 24.0 Å². The molecule has 0 saturated carbocycles. The molecule has 0 spiro atoms. The number of nitrogens with one attached hydrogen (secondary N) is 1. The van der Waals surface area contributed by atoms with Gasteiger partial charge in [-0.05, 0) is 30.1 Å². The molecule has 1 aromatic rings. The molecule has 0 saturated heterocycles. The zero-order valence-electron chi connectivity index (χ0n) is 14.3. The van der Waals surface area contributed by atoms with Gasteiger partial charge in [0.1, 0.15) is 0 Å². The summed E-state index contributed by atoms with van der Waals surface area (Å²) in [6, 6.07) is 8.64. The minimum Gasteiger partial charge on any atom is -0.370 e. The molecule has 0 bridgehead atoms. The highest BCUT2D eigenvalue weighted by Gasteiger charge is 2.01. The number of guanidine groups is 1. The van der Waals surface area contributed by atoms with E-state index in [4.69, 9.17) is 5.73 Å². The van der Waals surface area contributed by atoms with Crippen molar-refractivity contribution in [3.63, 3.8) is 0 Å². The molecule has 0 aliphatic carbocycles. The predicted molar refractivity (Wildman–Crippen MR) is 107 cm³/mol. The van der Waals surface area contributed by atoms with Crippen LogP contribution in [0, 0.1) is 5.92 Å². The van der Waals surface area contributed by atoms with Gasteiger partial charge in [-0.3, -0.25) is 4.90 Å². The van der Waals surface area contributed by atoms with Crippen LogP contribution in [0.3, 0.4) is 0 Å². The lowest BCUT2D eigenvalue weighted by Gasteiger charge is -2.18. The summed E-state index contributed by atoms with van der Waals surface area (Å²) in [6.07, 6.45) is 0. The Morgan fingerprint density at radius 3 is 2.18 bits per heavy atom. The SMILES string of the molecule is CCN(CC)Cc1ccc(CN=C(N)NCC(C)C)cc1.I. The molecule has 0 fully saturated rings. The maximum Gasteiger partial charge on any atom is 0.188 e. The second-order valence-corrected chi connectivity index (χ2v) is 5.75. The summed E-state index contributed by atoms with van der Waals surface area (Å²) in [5.41, 5.74) is 8.37. The maximum absolute atomic E-state index is 5.83.